The van der Waals surface area contributed by atoms with Crippen LogP contribution in [0.2, 0.25) is 0 Å². The van der Waals surface area contributed by atoms with Crippen LogP contribution in [0.25, 0.3) is 0 Å². The summed E-state index contributed by atoms with van der Waals surface area (Å²) in [5.41, 5.74) is 2.59. The summed E-state index contributed by atoms with van der Waals surface area (Å²) in [6.07, 6.45) is 8.76. The zero-order chi connectivity index (χ0) is 19.1. The molecule has 1 atom stereocenters. The summed E-state index contributed by atoms with van der Waals surface area (Å²) >= 11 is 0. The van der Waals surface area contributed by atoms with Crippen LogP contribution in [0.3, 0.4) is 0 Å². The standard InChI is InChI=1S/C23H28N2O3/c1-23(11-3-2-4-12-23)17-7-9-18(10-8-17)27-15-19-14-25-20(16-5-6-16)13-21(26)24-22(25)28-19/h7-10,13,16,19H,2-6,11-12,14-15H2,1H3. The molecule has 2 saturated carbocycles. The van der Waals surface area contributed by atoms with E-state index in [0.29, 0.717) is 30.5 Å². The van der Waals surface area contributed by atoms with E-state index in [1.54, 1.807) is 6.07 Å². The lowest BCUT2D eigenvalue weighted by atomic mass is 9.71. The molecule has 2 aromatic rings. The third-order valence-corrected chi connectivity index (χ3v) is 6.62. The van der Waals surface area contributed by atoms with Gasteiger partial charge in [-0.05, 0) is 54.7 Å². The van der Waals surface area contributed by atoms with Crippen LogP contribution >= 0.6 is 0 Å². The zero-order valence-corrected chi connectivity index (χ0v) is 16.5. The smallest absolute Gasteiger partial charge is 0.300 e. The Kier molecular flexibility index (Phi) is 4.41. The number of rotatable bonds is 5. The number of nitrogens with zero attached hydrogens (tertiary/aromatic N) is 2. The van der Waals surface area contributed by atoms with Crippen LogP contribution in [0.4, 0.5) is 0 Å². The van der Waals surface area contributed by atoms with Gasteiger partial charge in [0.05, 0.1) is 6.54 Å². The Bertz CT molecular complexity index is 908. The van der Waals surface area contributed by atoms with E-state index in [1.165, 1.54) is 37.7 Å². The van der Waals surface area contributed by atoms with Gasteiger partial charge >= 0.3 is 0 Å². The maximum absolute atomic E-state index is 11.8. The molecule has 1 aromatic carbocycles. The van der Waals surface area contributed by atoms with Crippen molar-refractivity contribution in [3.05, 3.63) is 51.9 Å². The fraction of sp³-hybridized carbons (Fsp3) is 0.565. The fourth-order valence-electron chi connectivity index (χ4n) is 4.73. The topological polar surface area (TPSA) is 53.4 Å². The molecule has 2 heterocycles. The summed E-state index contributed by atoms with van der Waals surface area (Å²) in [5.74, 6) is 1.36. The molecule has 1 aliphatic heterocycles. The molecule has 0 N–H and O–H groups in total. The number of hydrogen-bond acceptors (Lipinski definition) is 4. The first-order chi connectivity index (χ1) is 13.6. The molecule has 0 saturated heterocycles. The highest BCUT2D eigenvalue weighted by Gasteiger charge is 2.33. The van der Waals surface area contributed by atoms with E-state index in [2.05, 4.69) is 40.7 Å². The van der Waals surface area contributed by atoms with Gasteiger partial charge in [0.15, 0.2) is 6.10 Å². The van der Waals surface area contributed by atoms with Gasteiger partial charge in [-0.15, -0.1) is 0 Å². The maximum atomic E-state index is 11.8. The molecule has 5 nitrogen and oxygen atoms in total. The van der Waals surface area contributed by atoms with Crippen molar-refractivity contribution >= 4 is 0 Å². The van der Waals surface area contributed by atoms with E-state index >= 15 is 0 Å². The molecule has 0 radical (unpaired) electrons. The van der Waals surface area contributed by atoms with Crippen molar-refractivity contribution in [2.75, 3.05) is 6.61 Å². The summed E-state index contributed by atoms with van der Waals surface area (Å²) in [6.45, 7) is 3.54. The van der Waals surface area contributed by atoms with Crippen molar-refractivity contribution in [1.29, 1.82) is 0 Å². The monoisotopic (exact) mass is 380 g/mol. The molecule has 0 bridgehead atoms. The van der Waals surface area contributed by atoms with Crippen molar-refractivity contribution in [1.82, 2.24) is 9.55 Å². The lowest BCUT2D eigenvalue weighted by Crippen LogP contribution is -2.25. The highest BCUT2D eigenvalue weighted by molar-refractivity contribution is 5.32. The molecular formula is C23H28N2O3. The Balaban J connectivity index is 1.22. The van der Waals surface area contributed by atoms with Gasteiger partial charge in [-0.25, -0.2) is 0 Å². The van der Waals surface area contributed by atoms with E-state index in [0.717, 1.165) is 24.3 Å². The first-order valence-electron chi connectivity index (χ1n) is 10.6. The molecule has 28 heavy (non-hydrogen) atoms. The van der Waals surface area contributed by atoms with E-state index in [9.17, 15) is 4.79 Å². The van der Waals surface area contributed by atoms with Crippen molar-refractivity contribution in [3.63, 3.8) is 0 Å². The van der Waals surface area contributed by atoms with Crippen molar-refractivity contribution < 1.29 is 9.47 Å². The summed E-state index contributed by atoms with van der Waals surface area (Å²) < 4.78 is 13.9. The second kappa shape index (κ2) is 6.94. The number of aromatic nitrogens is 2. The molecule has 2 aliphatic carbocycles. The second-order valence-corrected chi connectivity index (χ2v) is 8.88. The molecule has 1 aromatic heterocycles. The highest BCUT2D eigenvalue weighted by atomic mass is 16.6. The van der Waals surface area contributed by atoms with Crippen LogP contribution < -0.4 is 15.0 Å². The van der Waals surface area contributed by atoms with Gasteiger partial charge in [0.2, 0.25) is 0 Å². The third kappa shape index (κ3) is 3.43. The molecule has 148 valence electrons. The number of hydrogen-bond donors (Lipinski definition) is 0. The first kappa shape index (κ1) is 17.8. The SMILES string of the molecule is CC1(c2ccc(OCC3Cn4c(C5CC5)cc(=O)nc4O3)cc2)CCCCC1. The van der Waals surface area contributed by atoms with Gasteiger partial charge in [0, 0.05) is 11.8 Å². The Hall–Kier alpha value is -2.30. The lowest BCUT2D eigenvalue weighted by molar-refractivity contribution is 0.143. The predicted molar refractivity (Wildman–Crippen MR) is 107 cm³/mol. The van der Waals surface area contributed by atoms with E-state index in [4.69, 9.17) is 9.47 Å². The van der Waals surface area contributed by atoms with Gasteiger partial charge in [0.25, 0.3) is 11.6 Å². The minimum Gasteiger partial charge on any atom is -0.490 e. The average molecular weight is 380 g/mol. The molecule has 0 amide bonds. The zero-order valence-electron chi connectivity index (χ0n) is 16.5. The van der Waals surface area contributed by atoms with Crippen LogP contribution in [0.1, 0.15) is 69.0 Å². The van der Waals surface area contributed by atoms with Crippen molar-refractivity contribution in [2.24, 2.45) is 0 Å². The predicted octanol–water partition coefficient (Wildman–Crippen LogP) is 4.18. The minimum absolute atomic E-state index is 0.109. The van der Waals surface area contributed by atoms with E-state index in [-0.39, 0.29) is 11.7 Å². The number of fused-ring (bicyclic) bond motifs is 1. The van der Waals surface area contributed by atoms with Gasteiger partial charge < -0.3 is 9.47 Å². The van der Waals surface area contributed by atoms with E-state index < -0.39 is 0 Å². The Morgan fingerprint density at radius 3 is 2.64 bits per heavy atom. The molecule has 0 spiro atoms. The largest absolute Gasteiger partial charge is 0.490 e. The molecule has 3 aliphatic rings. The van der Waals surface area contributed by atoms with Crippen LogP contribution in [-0.4, -0.2) is 22.3 Å². The van der Waals surface area contributed by atoms with Crippen molar-refractivity contribution in [3.8, 4) is 11.8 Å². The fourth-order valence-corrected chi connectivity index (χ4v) is 4.73. The minimum atomic E-state index is -0.207. The number of ether oxygens (including phenoxy) is 2. The Morgan fingerprint density at radius 1 is 1.18 bits per heavy atom. The van der Waals surface area contributed by atoms with Gasteiger partial charge in [0.1, 0.15) is 12.4 Å². The van der Waals surface area contributed by atoms with E-state index in [1.807, 2.05) is 0 Å². The maximum Gasteiger partial charge on any atom is 0.300 e. The summed E-state index contributed by atoms with van der Waals surface area (Å²) in [4.78, 5) is 15.9. The molecule has 2 fully saturated rings. The first-order valence-corrected chi connectivity index (χ1v) is 10.6. The van der Waals surface area contributed by atoms with Crippen LogP contribution in [0, 0.1) is 0 Å². The summed E-state index contributed by atoms with van der Waals surface area (Å²) in [7, 11) is 0. The van der Waals surface area contributed by atoms with Crippen molar-refractivity contribution in [2.45, 2.75) is 75.9 Å². The average Bonchev–Trinajstić information content (AvgIpc) is 3.46. The Labute approximate surface area is 165 Å². The normalized spacial score (nSPS) is 23.1. The molecule has 1 unspecified atom stereocenters. The highest BCUT2D eigenvalue weighted by Crippen LogP contribution is 2.41. The Morgan fingerprint density at radius 2 is 1.93 bits per heavy atom. The second-order valence-electron chi connectivity index (χ2n) is 8.88. The van der Waals surface area contributed by atoms with Gasteiger partial charge in [-0.2, -0.15) is 4.98 Å². The molecule has 5 heteroatoms. The summed E-state index contributed by atoms with van der Waals surface area (Å²) in [5, 5.41) is 0. The molecular weight excluding hydrogens is 352 g/mol. The molecule has 5 rings (SSSR count). The van der Waals surface area contributed by atoms with Gasteiger partial charge in [-0.1, -0.05) is 38.3 Å². The lowest BCUT2D eigenvalue weighted by Gasteiger charge is -2.34. The van der Waals surface area contributed by atoms with Gasteiger partial charge in [-0.3, -0.25) is 9.36 Å². The van der Waals surface area contributed by atoms with Crippen LogP contribution in [-0.2, 0) is 12.0 Å². The quantitative estimate of drug-likeness (QED) is 0.781. The third-order valence-electron chi connectivity index (χ3n) is 6.62. The van der Waals surface area contributed by atoms with Crippen LogP contribution in [0.5, 0.6) is 11.8 Å². The number of benzene rings is 1. The van der Waals surface area contributed by atoms with Crippen LogP contribution in [0.15, 0.2) is 35.1 Å². The summed E-state index contributed by atoms with van der Waals surface area (Å²) in [6, 6.07) is 10.7.